The van der Waals surface area contributed by atoms with Crippen LogP contribution in [0.15, 0.2) is 48.5 Å². The van der Waals surface area contributed by atoms with Crippen molar-refractivity contribution >= 4 is 44.6 Å². The molecule has 2 aromatic rings. The number of sulfone groups is 1. The molecule has 0 spiro atoms. The Bertz CT molecular complexity index is 834. The minimum atomic E-state index is -3.78. The number of hydrogen-bond acceptors (Lipinski definition) is 3. The van der Waals surface area contributed by atoms with Crippen LogP contribution in [0.5, 0.6) is 0 Å². The van der Waals surface area contributed by atoms with Crippen LogP contribution in [0.1, 0.15) is 19.4 Å². The third-order valence-electron chi connectivity index (χ3n) is 3.94. The predicted octanol–water partition coefficient (Wildman–Crippen LogP) is 4.35. The number of hydrogen-bond donors (Lipinski definition) is 0. The van der Waals surface area contributed by atoms with E-state index in [9.17, 15) is 13.2 Å². The van der Waals surface area contributed by atoms with Gasteiger partial charge in [0, 0.05) is 27.8 Å². The number of halogens is 2. The average Bonchev–Trinajstić information content (AvgIpc) is 2.59. The molecule has 2 aromatic carbocycles. The van der Waals surface area contributed by atoms with Crippen molar-refractivity contribution in [3.8, 4) is 0 Å². The molecule has 0 unspecified atom stereocenters. The van der Waals surface area contributed by atoms with Crippen molar-refractivity contribution in [1.82, 2.24) is 0 Å². The van der Waals surface area contributed by atoms with E-state index in [1.807, 2.05) is 6.07 Å². The number of rotatable bonds is 6. The molecule has 25 heavy (non-hydrogen) atoms. The number of para-hydroxylation sites is 1. The molecule has 0 saturated carbocycles. The highest BCUT2D eigenvalue weighted by Crippen LogP contribution is 2.28. The van der Waals surface area contributed by atoms with Crippen molar-refractivity contribution in [3.63, 3.8) is 0 Å². The second-order valence-electron chi connectivity index (χ2n) is 5.57. The first-order valence-electron chi connectivity index (χ1n) is 7.78. The fraction of sp³-hybridized carbons (Fsp3) is 0.278. The van der Waals surface area contributed by atoms with E-state index in [1.165, 1.54) is 11.8 Å². The fourth-order valence-corrected chi connectivity index (χ4v) is 4.53. The number of anilines is 1. The van der Waals surface area contributed by atoms with E-state index in [4.69, 9.17) is 23.2 Å². The van der Waals surface area contributed by atoms with Crippen LogP contribution in [0, 0.1) is 0 Å². The summed E-state index contributed by atoms with van der Waals surface area (Å²) in [6.07, 6.45) is 0. The molecule has 0 radical (unpaired) electrons. The first-order valence-corrected chi connectivity index (χ1v) is 10.3. The minimum absolute atomic E-state index is 0.270. The van der Waals surface area contributed by atoms with E-state index < -0.39 is 21.0 Å². The Kier molecular flexibility index (Phi) is 6.49. The molecule has 0 N–H and O–H groups in total. The highest BCUT2D eigenvalue weighted by molar-refractivity contribution is 7.92. The lowest BCUT2D eigenvalue weighted by molar-refractivity contribution is -0.117. The van der Waals surface area contributed by atoms with Gasteiger partial charge in [0.25, 0.3) is 0 Å². The first-order chi connectivity index (χ1) is 11.8. The molecule has 1 amide bonds. The van der Waals surface area contributed by atoms with Gasteiger partial charge in [-0.1, -0.05) is 47.5 Å². The van der Waals surface area contributed by atoms with Gasteiger partial charge in [-0.2, -0.15) is 0 Å². The Balaban J connectivity index is 2.28. The molecule has 0 bridgehead atoms. The van der Waals surface area contributed by atoms with Gasteiger partial charge in [0.05, 0.1) is 5.75 Å². The molecule has 0 fully saturated rings. The molecular formula is C18H19Cl2NO3S. The molecule has 0 aliphatic rings. The van der Waals surface area contributed by atoms with Crippen molar-refractivity contribution in [3.05, 3.63) is 64.1 Å². The molecule has 0 aliphatic heterocycles. The van der Waals surface area contributed by atoms with Crippen LogP contribution in [0.25, 0.3) is 0 Å². The van der Waals surface area contributed by atoms with Gasteiger partial charge in [-0.25, -0.2) is 8.42 Å². The topological polar surface area (TPSA) is 54.5 Å². The number of benzene rings is 2. The standard InChI is InChI=1S/C18H19Cl2NO3S/c1-3-21(14-8-5-4-6-9-14)18(22)13(2)25(23,24)12-15-16(19)10-7-11-17(15)20/h4-11,13H,3,12H2,1-2H3/t13-/m0/s1. The molecule has 7 heteroatoms. The summed E-state index contributed by atoms with van der Waals surface area (Å²) in [6.45, 7) is 3.57. The number of nitrogens with zero attached hydrogens (tertiary/aromatic N) is 1. The van der Waals surface area contributed by atoms with E-state index >= 15 is 0 Å². The maximum absolute atomic E-state index is 12.8. The summed E-state index contributed by atoms with van der Waals surface area (Å²) in [5.41, 5.74) is 0.973. The molecule has 1 atom stereocenters. The molecule has 2 rings (SSSR count). The third-order valence-corrected chi connectivity index (χ3v) is 6.62. The molecule has 0 heterocycles. The minimum Gasteiger partial charge on any atom is -0.312 e. The second-order valence-corrected chi connectivity index (χ2v) is 8.70. The number of carbonyl (C=O) groups excluding carboxylic acids is 1. The lowest BCUT2D eigenvalue weighted by atomic mass is 10.2. The van der Waals surface area contributed by atoms with Crippen LogP contribution in [-0.2, 0) is 20.4 Å². The third kappa shape index (κ3) is 4.54. The van der Waals surface area contributed by atoms with Gasteiger partial charge in [0.15, 0.2) is 9.84 Å². The van der Waals surface area contributed by atoms with E-state index in [1.54, 1.807) is 49.4 Å². The van der Waals surface area contributed by atoms with Crippen LogP contribution in [0.4, 0.5) is 5.69 Å². The summed E-state index contributed by atoms with van der Waals surface area (Å²) in [5, 5.41) is -0.669. The average molecular weight is 400 g/mol. The zero-order valence-corrected chi connectivity index (χ0v) is 16.3. The van der Waals surface area contributed by atoms with Gasteiger partial charge in [-0.05, 0) is 38.1 Å². The number of amides is 1. The normalized spacial score (nSPS) is 12.6. The molecule has 0 aromatic heterocycles. The van der Waals surface area contributed by atoms with Crippen LogP contribution in [0.3, 0.4) is 0 Å². The molecule has 134 valence electrons. The summed E-state index contributed by atoms with van der Waals surface area (Å²) in [7, 11) is -3.78. The predicted molar refractivity (Wildman–Crippen MR) is 103 cm³/mol. The van der Waals surface area contributed by atoms with Gasteiger partial charge in [0.1, 0.15) is 5.25 Å². The smallest absolute Gasteiger partial charge is 0.245 e. The van der Waals surface area contributed by atoms with Crippen LogP contribution in [-0.4, -0.2) is 26.1 Å². The summed E-state index contributed by atoms with van der Waals surface area (Å²) in [5.74, 6) is -0.859. The summed E-state index contributed by atoms with van der Waals surface area (Å²) in [4.78, 5) is 14.2. The van der Waals surface area contributed by atoms with E-state index in [0.29, 0.717) is 17.8 Å². The monoisotopic (exact) mass is 399 g/mol. The first kappa shape index (κ1) is 19.8. The maximum atomic E-state index is 12.8. The van der Waals surface area contributed by atoms with E-state index in [2.05, 4.69) is 0 Å². The zero-order valence-electron chi connectivity index (χ0n) is 13.9. The van der Waals surface area contributed by atoms with Crippen molar-refractivity contribution < 1.29 is 13.2 Å². The van der Waals surface area contributed by atoms with Gasteiger partial charge in [-0.15, -0.1) is 0 Å². The summed E-state index contributed by atoms with van der Waals surface area (Å²) in [6, 6.07) is 13.8. The fourth-order valence-electron chi connectivity index (χ4n) is 2.44. The molecule has 0 aliphatic carbocycles. The Morgan fingerprint density at radius 1 is 1.04 bits per heavy atom. The Labute approximate surface area is 158 Å². The Morgan fingerprint density at radius 3 is 2.12 bits per heavy atom. The SMILES string of the molecule is CCN(C(=O)[C@H](C)S(=O)(=O)Cc1c(Cl)cccc1Cl)c1ccccc1. The van der Waals surface area contributed by atoms with Crippen molar-refractivity contribution in [2.45, 2.75) is 24.9 Å². The quantitative estimate of drug-likeness (QED) is 0.725. The van der Waals surface area contributed by atoms with Crippen molar-refractivity contribution in [2.75, 3.05) is 11.4 Å². The van der Waals surface area contributed by atoms with Crippen LogP contribution >= 0.6 is 23.2 Å². The van der Waals surface area contributed by atoms with Crippen LogP contribution in [0.2, 0.25) is 10.0 Å². The van der Waals surface area contributed by atoms with E-state index in [0.717, 1.165) is 0 Å². The lowest BCUT2D eigenvalue weighted by Crippen LogP contribution is -2.42. The highest BCUT2D eigenvalue weighted by Gasteiger charge is 2.32. The van der Waals surface area contributed by atoms with Crippen LogP contribution < -0.4 is 4.90 Å². The molecule has 4 nitrogen and oxygen atoms in total. The van der Waals surface area contributed by atoms with Gasteiger partial charge in [0.2, 0.25) is 5.91 Å². The zero-order chi connectivity index (χ0) is 18.6. The summed E-state index contributed by atoms with van der Waals surface area (Å²) >= 11 is 12.1. The van der Waals surface area contributed by atoms with E-state index in [-0.39, 0.29) is 15.8 Å². The highest BCUT2D eigenvalue weighted by atomic mass is 35.5. The van der Waals surface area contributed by atoms with Gasteiger partial charge < -0.3 is 4.90 Å². The Hall–Kier alpha value is -1.56. The molecular weight excluding hydrogens is 381 g/mol. The molecule has 0 saturated heterocycles. The number of carbonyl (C=O) groups is 1. The van der Waals surface area contributed by atoms with Crippen molar-refractivity contribution in [1.29, 1.82) is 0 Å². The lowest BCUT2D eigenvalue weighted by Gasteiger charge is -2.24. The summed E-state index contributed by atoms with van der Waals surface area (Å²) < 4.78 is 25.5. The second kappa shape index (κ2) is 8.21. The largest absolute Gasteiger partial charge is 0.312 e. The maximum Gasteiger partial charge on any atom is 0.245 e. The Morgan fingerprint density at radius 2 is 1.60 bits per heavy atom. The van der Waals surface area contributed by atoms with Crippen molar-refractivity contribution in [2.24, 2.45) is 0 Å². The van der Waals surface area contributed by atoms with Gasteiger partial charge >= 0.3 is 0 Å². The van der Waals surface area contributed by atoms with Gasteiger partial charge in [-0.3, -0.25) is 4.79 Å².